The van der Waals surface area contributed by atoms with Crippen LogP contribution in [0.1, 0.15) is 19.3 Å². The minimum atomic E-state index is 0.0822. The molecule has 3 heteroatoms. The van der Waals surface area contributed by atoms with Gasteiger partial charge in [0.05, 0.1) is 6.04 Å². The second-order valence-electron chi connectivity index (χ2n) is 3.24. The monoisotopic (exact) mass is 156 g/mol. The van der Waals surface area contributed by atoms with Crippen LogP contribution in [0.5, 0.6) is 0 Å². The van der Waals surface area contributed by atoms with Gasteiger partial charge in [-0.1, -0.05) is 6.42 Å². The minimum absolute atomic E-state index is 0.0822. The van der Waals surface area contributed by atoms with Gasteiger partial charge in [0.1, 0.15) is 0 Å². The maximum Gasteiger partial charge on any atom is 0.239 e. The second kappa shape index (κ2) is 3.72. The molecule has 0 aromatic rings. The summed E-state index contributed by atoms with van der Waals surface area (Å²) in [6, 6.07) is 0.0822. The summed E-state index contributed by atoms with van der Waals surface area (Å²) >= 11 is 0. The smallest absolute Gasteiger partial charge is 0.239 e. The lowest BCUT2D eigenvalue weighted by molar-refractivity contribution is -0.131. The van der Waals surface area contributed by atoms with Gasteiger partial charge in [-0.15, -0.1) is 0 Å². The molecule has 0 saturated carbocycles. The maximum atomic E-state index is 11.4. The lowest BCUT2D eigenvalue weighted by atomic mass is 10.0. The van der Waals surface area contributed by atoms with Gasteiger partial charge in [0, 0.05) is 14.1 Å². The zero-order valence-corrected chi connectivity index (χ0v) is 7.26. The third-order valence-corrected chi connectivity index (χ3v) is 2.05. The van der Waals surface area contributed by atoms with Crippen LogP contribution in [0.15, 0.2) is 0 Å². The van der Waals surface area contributed by atoms with Crippen molar-refractivity contribution in [1.82, 2.24) is 10.2 Å². The van der Waals surface area contributed by atoms with E-state index in [0.29, 0.717) is 0 Å². The quantitative estimate of drug-likeness (QED) is 0.589. The molecule has 1 aliphatic rings. The summed E-state index contributed by atoms with van der Waals surface area (Å²) in [7, 11) is 3.61. The minimum Gasteiger partial charge on any atom is -0.347 e. The van der Waals surface area contributed by atoms with E-state index in [0.717, 1.165) is 13.0 Å². The fourth-order valence-electron chi connectivity index (χ4n) is 1.37. The van der Waals surface area contributed by atoms with E-state index in [2.05, 4.69) is 5.32 Å². The van der Waals surface area contributed by atoms with Crippen LogP contribution in [0.3, 0.4) is 0 Å². The van der Waals surface area contributed by atoms with E-state index >= 15 is 0 Å². The Bertz CT molecular complexity index is 139. The van der Waals surface area contributed by atoms with Crippen molar-refractivity contribution in [1.29, 1.82) is 0 Å². The van der Waals surface area contributed by atoms with Crippen LogP contribution in [0.25, 0.3) is 0 Å². The molecule has 1 atom stereocenters. The number of amides is 1. The highest BCUT2D eigenvalue weighted by atomic mass is 16.2. The number of likely N-dealkylation sites (N-methyl/N-ethyl adjacent to an activating group) is 1. The second-order valence-corrected chi connectivity index (χ2v) is 3.24. The number of nitrogens with one attached hydrogen (secondary N) is 1. The SMILES string of the molecule is CN(C)C(=O)[C@H]1CCCCN1. The van der Waals surface area contributed by atoms with E-state index in [1.165, 1.54) is 12.8 Å². The van der Waals surface area contributed by atoms with Crippen molar-refractivity contribution >= 4 is 5.91 Å². The van der Waals surface area contributed by atoms with Gasteiger partial charge in [0.2, 0.25) is 5.91 Å². The van der Waals surface area contributed by atoms with Crippen LogP contribution in [0, 0.1) is 0 Å². The fourth-order valence-corrected chi connectivity index (χ4v) is 1.37. The van der Waals surface area contributed by atoms with E-state index in [1.807, 2.05) is 0 Å². The Kier molecular flexibility index (Phi) is 2.88. The molecule has 64 valence electrons. The average molecular weight is 156 g/mol. The van der Waals surface area contributed by atoms with Crippen molar-refractivity contribution in [2.24, 2.45) is 0 Å². The molecule has 0 aromatic heterocycles. The highest BCUT2D eigenvalue weighted by Crippen LogP contribution is 2.07. The van der Waals surface area contributed by atoms with Gasteiger partial charge >= 0.3 is 0 Å². The molecule has 1 fully saturated rings. The fraction of sp³-hybridized carbons (Fsp3) is 0.875. The van der Waals surface area contributed by atoms with Crippen LogP contribution in [0.4, 0.5) is 0 Å². The third-order valence-electron chi connectivity index (χ3n) is 2.05. The summed E-state index contributed by atoms with van der Waals surface area (Å²) in [5, 5.41) is 3.21. The molecular formula is C8H16N2O. The van der Waals surface area contributed by atoms with Crippen LogP contribution < -0.4 is 5.32 Å². The topological polar surface area (TPSA) is 32.3 Å². The molecule has 1 amide bonds. The number of hydrogen-bond acceptors (Lipinski definition) is 2. The van der Waals surface area contributed by atoms with E-state index in [1.54, 1.807) is 19.0 Å². The molecule has 1 saturated heterocycles. The summed E-state index contributed by atoms with van der Waals surface area (Å²) in [5.41, 5.74) is 0. The molecule has 3 nitrogen and oxygen atoms in total. The summed E-state index contributed by atoms with van der Waals surface area (Å²) in [5.74, 6) is 0.213. The molecule has 1 heterocycles. The Balaban J connectivity index is 2.39. The largest absolute Gasteiger partial charge is 0.347 e. The summed E-state index contributed by atoms with van der Waals surface area (Å²) < 4.78 is 0. The predicted molar refractivity (Wildman–Crippen MR) is 44.3 cm³/mol. The summed E-state index contributed by atoms with van der Waals surface area (Å²) in [4.78, 5) is 13.0. The predicted octanol–water partition coefficient (Wildman–Crippen LogP) is 0.217. The van der Waals surface area contributed by atoms with E-state index in [4.69, 9.17) is 0 Å². The molecule has 0 radical (unpaired) electrons. The number of rotatable bonds is 1. The van der Waals surface area contributed by atoms with Crippen molar-refractivity contribution in [3.8, 4) is 0 Å². The Morgan fingerprint density at radius 1 is 1.45 bits per heavy atom. The van der Waals surface area contributed by atoms with E-state index < -0.39 is 0 Å². The highest BCUT2D eigenvalue weighted by Gasteiger charge is 2.21. The van der Waals surface area contributed by atoms with Crippen molar-refractivity contribution in [2.75, 3.05) is 20.6 Å². The zero-order valence-electron chi connectivity index (χ0n) is 7.26. The van der Waals surface area contributed by atoms with Crippen LogP contribution in [0.2, 0.25) is 0 Å². The first-order valence-electron chi connectivity index (χ1n) is 4.16. The van der Waals surface area contributed by atoms with E-state index in [-0.39, 0.29) is 11.9 Å². The number of hydrogen-bond donors (Lipinski definition) is 1. The lowest BCUT2D eigenvalue weighted by Gasteiger charge is -2.25. The molecule has 1 aliphatic heterocycles. The normalized spacial score (nSPS) is 24.7. The van der Waals surface area contributed by atoms with Gasteiger partial charge < -0.3 is 10.2 Å². The van der Waals surface area contributed by atoms with Crippen molar-refractivity contribution in [3.63, 3.8) is 0 Å². The van der Waals surface area contributed by atoms with Crippen molar-refractivity contribution in [3.05, 3.63) is 0 Å². The summed E-state index contributed by atoms with van der Waals surface area (Å²) in [6.07, 6.45) is 3.38. The Morgan fingerprint density at radius 3 is 2.64 bits per heavy atom. The molecule has 11 heavy (non-hydrogen) atoms. The number of carbonyl (C=O) groups is 1. The first kappa shape index (κ1) is 8.53. The van der Waals surface area contributed by atoms with Crippen LogP contribution in [-0.2, 0) is 4.79 Å². The lowest BCUT2D eigenvalue weighted by Crippen LogP contribution is -2.45. The number of nitrogens with zero attached hydrogens (tertiary/aromatic N) is 1. The van der Waals surface area contributed by atoms with Gasteiger partial charge in [-0.3, -0.25) is 4.79 Å². The Labute approximate surface area is 67.8 Å². The Hall–Kier alpha value is -0.570. The van der Waals surface area contributed by atoms with Gasteiger partial charge in [0.25, 0.3) is 0 Å². The van der Waals surface area contributed by atoms with E-state index in [9.17, 15) is 4.79 Å². The molecular weight excluding hydrogens is 140 g/mol. The van der Waals surface area contributed by atoms with Gasteiger partial charge in [-0.2, -0.15) is 0 Å². The number of carbonyl (C=O) groups excluding carboxylic acids is 1. The van der Waals surface area contributed by atoms with Gasteiger partial charge in [-0.05, 0) is 19.4 Å². The molecule has 1 rings (SSSR count). The molecule has 0 aromatic carbocycles. The average Bonchev–Trinajstić information content (AvgIpc) is 2.05. The third kappa shape index (κ3) is 2.19. The maximum absolute atomic E-state index is 11.4. The van der Waals surface area contributed by atoms with Gasteiger partial charge in [-0.25, -0.2) is 0 Å². The molecule has 0 unspecified atom stereocenters. The first-order valence-corrected chi connectivity index (χ1v) is 4.16. The van der Waals surface area contributed by atoms with Crippen LogP contribution in [-0.4, -0.2) is 37.5 Å². The number of piperidine rings is 1. The first-order chi connectivity index (χ1) is 5.22. The van der Waals surface area contributed by atoms with Crippen molar-refractivity contribution in [2.45, 2.75) is 25.3 Å². The molecule has 1 N–H and O–H groups in total. The highest BCUT2D eigenvalue weighted by molar-refractivity contribution is 5.81. The Morgan fingerprint density at radius 2 is 2.18 bits per heavy atom. The van der Waals surface area contributed by atoms with Crippen molar-refractivity contribution < 1.29 is 4.79 Å². The zero-order chi connectivity index (χ0) is 8.27. The molecule has 0 bridgehead atoms. The summed E-state index contributed by atoms with van der Waals surface area (Å²) in [6.45, 7) is 0.990. The standard InChI is InChI=1S/C8H16N2O/c1-10(2)8(11)7-5-3-4-6-9-7/h7,9H,3-6H2,1-2H3/t7-/m1/s1. The van der Waals surface area contributed by atoms with Gasteiger partial charge in [0.15, 0.2) is 0 Å². The molecule has 0 spiro atoms. The van der Waals surface area contributed by atoms with Crippen LogP contribution >= 0.6 is 0 Å². The molecule has 0 aliphatic carbocycles.